The molecule has 0 aromatic heterocycles. The van der Waals surface area contributed by atoms with Crippen LogP contribution in [-0.2, 0) is 9.53 Å². The molecule has 0 aliphatic carbocycles. The van der Waals surface area contributed by atoms with Crippen molar-refractivity contribution in [3.63, 3.8) is 0 Å². The molecule has 106 valence electrons. The molecule has 0 spiro atoms. The van der Waals surface area contributed by atoms with Gasteiger partial charge in [-0.2, -0.15) is 0 Å². The fraction of sp³-hybridized carbons (Fsp3) is 0.929. The van der Waals surface area contributed by atoms with Gasteiger partial charge in [-0.1, -0.05) is 20.8 Å². The second-order valence-electron chi connectivity index (χ2n) is 5.40. The SMILES string of the molecule is CCC(NC(=O)CCOC1CCNCC1)C(C)C. The lowest BCUT2D eigenvalue weighted by Crippen LogP contribution is -2.39. The topological polar surface area (TPSA) is 50.4 Å². The first-order chi connectivity index (χ1) is 8.63. The molecule has 1 heterocycles. The van der Waals surface area contributed by atoms with E-state index in [9.17, 15) is 4.79 Å². The van der Waals surface area contributed by atoms with E-state index in [0.717, 1.165) is 32.4 Å². The predicted octanol–water partition coefficient (Wildman–Crippen LogP) is 1.70. The molecular weight excluding hydrogens is 228 g/mol. The van der Waals surface area contributed by atoms with Gasteiger partial charge in [-0.3, -0.25) is 4.79 Å². The van der Waals surface area contributed by atoms with Crippen molar-refractivity contribution in [2.45, 2.75) is 58.6 Å². The van der Waals surface area contributed by atoms with Crippen LogP contribution in [0.25, 0.3) is 0 Å². The summed E-state index contributed by atoms with van der Waals surface area (Å²) < 4.78 is 5.73. The van der Waals surface area contributed by atoms with Crippen molar-refractivity contribution in [3.05, 3.63) is 0 Å². The average molecular weight is 256 g/mol. The first-order valence-corrected chi connectivity index (χ1v) is 7.25. The Labute approximate surface area is 111 Å². The fourth-order valence-corrected chi connectivity index (χ4v) is 2.30. The zero-order valence-corrected chi connectivity index (χ0v) is 12.0. The molecule has 1 saturated heterocycles. The molecule has 1 aliphatic heterocycles. The minimum Gasteiger partial charge on any atom is -0.378 e. The summed E-state index contributed by atoms with van der Waals surface area (Å²) in [7, 11) is 0. The fourth-order valence-electron chi connectivity index (χ4n) is 2.30. The Morgan fingerprint density at radius 2 is 2.06 bits per heavy atom. The highest BCUT2D eigenvalue weighted by atomic mass is 16.5. The van der Waals surface area contributed by atoms with Gasteiger partial charge >= 0.3 is 0 Å². The van der Waals surface area contributed by atoms with Crippen LogP contribution in [-0.4, -0.2) is 37.7 Å². The van der Waals surface area contributed by atoms with E-state index in [4.69, 9.17) is 4.74 Å². The Morgan fingerprint density at radius 1 is 1.39 bits per heavy atom. The monoisotopic (exact) mass is 256 g/mol. The van der Waals surface area contributed by atoms with Crippen LogP contribution in [0.5, 0.6) is 0 Å². The minimum atomic E-state index is 0.115. The smallest absolute Gasteiger partial charge is 0.222 e. The number of hydrogen-bond acceptors (Lipinski definition) is 3. The molecule has 1 atom stereocenters. The van der Waals surface area contributed by atoms with Crippen molar-refractivity contribution in [2.24, 2.45) is 5.92 Å². The van der Waals surface area contributed by atoms with E-state index in [0.29, 0.717) is 25.0 Å². The Morgan fingerprint density at radius 3 is 2.61 bits per heavy atom. The van der Waals surface area contributed by atoms with Crippen LogP contribution in [0.15, 0.2) is 0 Å². The second kappa shape index (κ2) is 8.48. The number of carbonyl (C=O) groups excluding carboxylic acids is 1. The third-order valence-electron chi connectivity index (χ3n) is 3.56. The third-order valence-corrected chi connectivity index (χ3v) is 3.56. The summed E-state index contributed by atoms with van der Waals surface area (Å²) in [6.07, 6.45) is 3.92. The summed E-state index contributed by atoms with van der Waals surface area (Å²) in [6.45, 7) is 8.99. The molecule has 0 aromatic carbocycles. The molecule has 4 heteroatoms. The highest BCUT2D eigenvalue weighted by Crippen LogP contribution is 2.08. The highest BCUT2D eigenvalue weighted by Gasteiger charge is 2.16. The Bertz CT molecular complexity index is 238. The zero-order chi connectivity index (χ0) is 13.4. The summed E-state index contributed by atoms with van der Waals surface area (Å²) >= 11 is 0. The molecule has 0 radical (unpaired) electrons. The first-order valence-electron chi connectivity index (χ1n) is 7.25. The maximum absolute atomic E-state index is 11.8. The van der Waals surface area contributed by atoms with Crippen LogP contribution in [0, 0.1) is 5.92 Å². The molecule has 1 rings (SSSR count). The molecule has 1 unspecified atom stereocenters. The zero-order valence-electron chi connectivity index (χ0n) is 12.0. The number of carbonyl (C=O) groups is 1. The number of amides is 1. The van der Waals surface area contributed by atoms with Gasteiger partial charge in [0.1, 0.15) is 0 Å². The molecule has 0 saturated carbocycles. The van der Waals surface area contributed by atoms with E-state index >= 15 is 0 Å². The molecule has 1 amide bonds. The maximum Gasteiger partial charge on any atom is 0.222 e. The van der Waals surface area contributed by atoms with Gasteiger partial charge in [-0.05, 0) is 38.3 Å². The Hall–Kier alpha value is -0.610. The minimum absolute atomic E-state index is 0.115. The molecule has 1 aliphatic rings. The number of ether oxygens (including phenoxy) is 1. The van der Waals surface area contributed by atoms with Crippen LogP contribution in [0.2, 0.25) is 0 Å². The lowest BCUT2D eigenvalue weighted by atomic mass is 10.0. The standard InChI is InChI=1S/C14H28N2O2/c1-4-13(11(2)3)16-14(17)7-10-18-12-5-8-15-9-6-12/h11-13,15H,4-10H2,1-3H3,(H,16,17). The summed E-state index contributed by atoms with van der Waals surface area (Å²) in [5.41, 5.74) is 0. The van der Waals surface area contributed by atoms with E-state index in [2.05, 4.69) is 31.4 Å². The van der Waals surface area contributed by atoms with Crippen LogP contribution in [0.1, 0.15) is 46.5 Å². The average Bonchev–Trinajstić information content (AvgIpc) is 2.37. The molecule has 4 nitrogen and oxygen atoms in total. The molecular formula is C14H28N2O2. The highest BCUT2D eigenvalue weighted by molar-refractivity contribution is 5.76. The van der Waals surface area contributed by atoms with Gasteiger partial charge in [0.05, 0.1) is 12.7 Å². The van der Waals surface area contributed by atoms with E-state index in [1.807, 2.05) is 0 Å². The Balaban J connectivity index is 2.12. The van der Waals surface area contributed by atoms with Gasteiger partial charge in [0.25, 0.3) is 0 Å². The lowest BCUT2D eigenvalue weighted by Gasteiger charge is -2.23. The van der Waals surface area contributed by atoms with E-state index in [1.54, 1.807) is 0 Å². The van der Waals surface area contributed by atoms with Gasteiger partial charge in [0, 0.05) is 12.5 Å². The maximum atomic E-state index is 11.8. The van der Waals surface area contributed by atoms with Crippen LogP contribution >= 0.6 is 0 Å². The van der Waals surface area contributed by atoms with Crippen LogP contribution in [0.4, 0.5) is 0 Å². The molecule has 0 bridgehead atoms. The molecule has 1 fully saturated rings. The summed E-state index contributed by atoms with van der Waals surface area (Å²) in [4.78, 5) is 11.8. The first kappa shape index (κ1) is 15.4. The normalized spacial score (nSPS) is 18.9. The number of rotatable bonds is 7. The van der Waals surface area contributed by atoms with Gasteiger partial charge in [0.15, 0.2) is 0 Å². The molecule has 18 heavy (non-hydrogen) atoms. The summed E-state index contributed by atoms with van der Waals surface area (Å²) in [5, 5.41) is 6.37. The quantitative estimate of drug-likeness (QED) is 0.729. The summed E-state index contributed by atoms with van der Waals surface area (Å²) in [5.74, 6) is 0.605. The van der Waals surface area contributed by atoms with E-state index in [-0.39, 0.29) is 11.9 Å². The van der Waals surface area contributed by atoms with Gasteiger partial charge in [-0.25, -0.2) is 0 Å². The largest absolute Gasteiger partial charge is 0.378 e. The number of hydrogen-bond donors (Lipinski definition) is 2. The van der Waals surface area contributed by atoms with Crippen LogP contribution < -0.4 is 10.6 Å². The van der Waals surface area contributed by atoms with Crippen molar-refractivity contribution in [1.29, 1.82) is 0 Å². The number of nitrogens with one attached hydrogen (secondary N) is 2. The van der Waals surface area contributed by atoms with Gasteiger partial charge in [-0.15, -0.1) is 0 Å². The lowest BCUT2D eigenvalue weighted by molar-refractivity contribution is -0.123. The molecule has 0 aromatic rings. The van der Waals surface area contributed by atoms with Gasteiger partial charge in [0.2, 0.25) is 5.91 Å². The van der Waals surface area contributed by atoms with Crippen molar-refractivity contribution in [1.82, 2.24) is 10.6 Å². The van der Waals surface area contributed by atoms with Gasteiger partial charge < -0.3 is 15.4 Å². The van der Waals surface area contributed by atoms with Crippen molar-refractivity contribution < 1.29 is 9.53 Å². The predicted molar refractivity (Wildman–Crippen MR) is 73.5 cm³/mol. The summed E-state index contributed by atoms with van der Waals surface area (Å²) in [6, 6.07) is 0.288. The number of piperidine rings is 1. The Kier molecular flexibility index (Phi) is 7.28. The van der Waals surface area contributed by atoms with E-state index < -0.39 is 0 Å². The van der Waals surface area contributed by atoms with E-state index in [1.165, 1.54) is 0 Å². The molecule has 2 N–H and O–H groups in total. The van der Waals surface area contributed by atoms with Crippen LogP contribution in [0.3, 0.4) is 0 Å². The van der Waals surface area contributed by atoms with Crippen molar-refractivity contribution >= 4 is 5.91 Å². The van der Waals surface area contributed by atoms with Crippen molar-refractivity contribution in [3.8, 4) is 0 Å². The second-order valence-corrected chi connectivity index (χ2v) is 5.40. The third kappa shape index (κ3) is 5.83. The van der Waals surface area contributed by atoms with Crippen molar-refractivity contribution in [2.75, 3.05) is 19.7 Å².